The number of rotatable bonds is 3. The van der Waals surface area contributed by atoms with Gasteiger partial charge in [-0.2, -0.15) is 5.10 Å². The van der Waals surface area contributed by atoms with Crippen LogP contribution >= 0.6 is 11.6 Å². The molecule has 0 radical (unpaired) electrons. The predicted molar refractivity (Wildman–Crippen MR) is 58.3 cm³/mol. The highest BCUT2D eigenvalue weighted by molar-refractivity contribution is 6.32. The molecular weight excluding hydrogens is 212 g/mol. The van der Waals surface area contributed by atoms with Crippen LogP contribution in [0.15, 0.2) is 36.7 Å². The van der Waals surface area contributed by atoms with Gasteiger partial charge in [0.15, 0.2) is 0 Å². The number of hydrogen-bond donors (Lipinski definition) is 0. The largest absolute Gasteiger partial charge is 0.303 e. The van der Waals surface area contributed by atoms with Crippen molar-refractivity contribution in [3.05, 3.63) is 47.2 Å². The van der Waals surface area contributed by atoms with Crippen LogP contribution < -0.4 is 0 Å². The van der Waals surface area contributed by atoms with Crippen LogP contribution in [0.3, 0.4) is 0 Å². The fraction of sp³-hybridized carbons (Fsp3) is 0.0909. The first kappa shape index (κ1) is 9.93. The van der Waals surface area contributed by atoms with Gasteiger partial charge in [0.2, 0.25) is 0 Å². The number of carbonyl (C=O) groups excluding carboxylic acids is 1. The highest BCUT2D eigenvalue weighted by atomic mass is 35.5. The van der Waals surface area contributed by atoms with E-state index in [1.807, 2.05) is 18.2 Å². The smallest absolute Gasteiger partial charge is 0.124 e. The molecule has 0 saturated heterocycles. The summed E-state index contributed by atoms with van der Waals surface area (Å²) in [7, 11) is 0. The zero-order valence-electron chi connectivity index (χ0n) is 7.93. The molecule has 0 unspecified atom stereocenters. The molecule has 0 saturated carbocycles. The second-order valence-electron chi connectivity index (χ2n) is 3.12. The first-order chi connectivity index (χ1) is 7.31. The molecule has 0 spiro atoms. The van der Waals surface area contributed by atoms with Gasteiger partial charge in [-0.25, -0.2) is 4.68 Å². The Kier molecular flexibility index (Phi) is 2.83. The molecule has 1 aromatic heterocycles. The number of nitrogens with zero attached hydrogens (tertiary/aromatic N) is 2. The zero-order chi connectivity index (χ0) is 10.7. The topological polar surface area (TPSA) is 34.9 Å². The van der Waals surface area contributed by atoms with Crippen LogP contribution in [-0.2, 0) is 11.2 Å². The molecule has 0 atom stereocenters. The van der Waals surface area contributed by atoms with Crippen LogP contribution in [0.5, 0.6) is 0 Å². The number of benzene rings is 1. The molecule has 1 heterocycles. The van der Waals surface area contributed by atoms with Crippen molar-refractivity contribution in [1.29, 1.82) is 0 Å². The van der Waals surface area contributed by atoms with Crippen molar-refractivity contribution in [3.63, 3.8) is 0 Å². The predicted octanol–water partition coefficient (Wildman–Crippen LogP) is 2.27. The third-order valence-electron chi connectivity index (χ3n) is 2.05. The van der Waals surface area contributed by atoms with Crippen LogP contribution in [0.4, 0.5) is 0 Å². The van der Waals surface area contributed by atoms with Crippen molar-refractivity contribution >= 4 is 17.9 Å². The summed E-state index contributed by atoms with van der Waals surface area (Å²) in [5, 5.41) is 4.78. The number of aldehydes is 1. The zero-order valence-corrected chi connectivity index (χ0v) is 8.69. The third-order valence-corrected chi connectivity index (χ3v) is 2.37. The molecule has 0 aliphatic carbocycles. The molecule has 4 heteroatoms. The van der Waals surface area contributed by atoms with E-state index in [0.29, 0.717) is 11.4 Å². The second kappa shape index (κ2) is 4.28. The van der Waals surface area contributed by atoms with E-state index in [4.69, 9.17) is 11.6 Å². The van der Waals surface area contributed by atoms with Crippen molar-refractivity contribution in [1.82, 2.24) is 9.78 Å². The molecule has 0 aliphatic rings. The summed E-state index contributed by atoms with van der Waals surface area (Å²) in [4.78, 5) is 10.3. The Hall–Kier alpha value is -1.61. The minimum absolute atomic E-state index is 0.379. The van der Waals surface area contributed by atoms with Crippen molar-refractivity contribution in [2.45, 2.75) is 6.42 Å². The van der Waals surface area contributed by atoms with Gasteiger partial charge in [0.1, 0.15) is 6.29 Å². The molecule has 1 aromatic carbocycles. The van der Waals surface area contributed by atoms with E-state index in [1.54, 1.807) is 23.1 Å². The molecule has 76 valence electrons. The van der Waals surface area contributed by atoms with Crippen molar-refractivity contribution in [2.24, 2.45) is 0 Å². The van der Waals surface area contributed by atoms with Crippen LogP contribution in [0.2, 0.25) is 5.02 Å². The van der Waals surface area contributed by atoms with Gasteiger partial charge < -0.3 is 4.79 Å². The number of halogens is 1. The quantitative estimate of drug-likeness (QED) is 0.744. The average Bonchev–Trinajstić information content (AvgIpc) is 2.68. The molecule has 0 fully saturated rings. The lowest BCUT2D eigenvalue weighted by atomic mass is 10.3. The Labute approximate surface area is 92.3 Å². The second-order valence-corrected chi connectivity index (χ2v) is 3.52. The van der Waals surface area contributed by atoms with Crippen molar-refractivity contribution < 1.29 is 4.79 Å². The Morgan fingerprint density at radius 1 is 1.40 bits per heavy atom. The number of para-hydroxylation sites is 1. The van der Waals surface area contributed by atoms with Crippen LogP contribution in [0.25, 0.3) is 5.69 Å². The van der Waals surface area contributed by atoms with Crippen LogP contribution in [-0.4, -0.2) is 16.1 Å². The molecule has 0 amide bonds. The van der Waals surface area contributed by atoms with Gasteiger partial charge in [0.05, 0.1) is 16.9 Å². The standard InChI is InChI=1S/C11H9ClN2O/c12-10-3-1-2-4-11(10)14-8-9(5-6-15)7-13-14/h1-4,6-8H,5H2. The van der Waals surface area contributed by atoms with E-state index < -0.39 is 0 Å². The first-order valence-electron chi connectivity index (χ1n) is 4.53. The highest BCUT2D eigenvalue weighted by Gasteiger charge is 2.03. The summed E-state index contributed by atoms with van der Waals surface area (Å²) in [6, 6.07) is 7.43. The van der Waals surface area contributed by atoms with Crippen LogP contribution in [0.1, 0.15) is 5.56 Å². The Bertz CT molecular complexity index is 479. The fourth-order valence-electron chi connectivity index (χ4n) is 1.33. The highest BCUT2D eigenvalue weighted by Crippen LogP contribution is 2.19. The monoisotopic (exact) mass is 220 g/mol. The minimum atomic E-state index is 0.379. The normalized spacial score (nSPS) is 10.2. The Balaban J connectivity index is 2.37. The summed E-state index contributed by atoms with van der Waals surface area (Å²) in [6.45, 7) is 0. The van der Waals surface area contributed by atoms with Crippen LogP contribution in [0, 0.1) is 0 Å². The van der Waals surface area contributed by atoms with Gasteiger partial charge in [-0.1, -0.05) is 23.7 Å². The molecule has 0 bridgehead atoms. The maximum atomic E-state index is 10.3. The van der Waals surface area contributed by atoms with Gasteiger partial charge in [0, 0.05) is 12.6 Å². The summed E-state index contributed by atoms with van der Waals surface area (Å²) < 4.78 is 1.67. The lowest BCUT2D eigenvalue weighted by Crippen LogP contribution is -1.94. The molecule has 15 heavy (non-hydrogen) atoms. The SMILES string of the molecule is O=CCc1cnn(-c2ccccc2Cl)c1. The van der Waals surface area contributed by atoms with Gasteiger partial charge in [0.25, 0.3) is 0 Å². The summed E-state index contributed by atoms with van der Waals surface area (Å²) in [5.41, 5.74) is 1.70. The number of carbonyl (C=O) groups is 1. The van der Waals surface area contributed by atoms with E-state index in [2.05, 4.69) is 5.10 Å². The molecule has 2 aromatic rings. The molecule has 2 rings (SSSR count). The van der Waals surface area contributed by atoms with Gasteiger partial charge in [-0.3, -0.25) is 0 Å². The maximum absolute atomic E-state index is 10.3. The Morgan fingerprint density at radius 3 is 2.93 bits per heavy atom. The first-order valence-corrected chi connectivity index (χ1v) is 4.91. The minimum Gasteiger partial charge on any atom is -0.303 e. The number of aromatic nitrogens is 2. The summed E-state index contributed by atoms with van der Waals surface area (Å²) in [5.74, 6) is 0. The van der Waals surface area contributed by atoms with Gasteiger partial charge in [-0.05, 0) is 17.7 Å². The van der Waals surface area contributed by atoms with E-state index in [1.165, 1.54) is 0 Å². The van der Waals surface area contributed by atoms with E-state index in [-0.39, 0.29) is 0 Å². The van der Waals surface area contributed by atoms with E-state index in [0.717, 1.165) is 17.5 Å². The van der Waals surface area contributed by atoms with Gasteiger partial charge >= 0.3 is 0 Å². The van der Waals surface area contributed by atoms with E-state index >= 15 is 0 Å². The van der Waals surface area contributed by atoms with Gasteiger partial charge in [-0.15, -0.1) is 0 Å². The molecular formula is C11H9ClN2O. The average molecular weight is 221 g/mol. The number of hydrogen-bond acceptors (Lipinski definition) is 2. The summed E-state index contributed by atoms with van der Waals surface area (Å²) >= 11 is 6.01. The van der Waals surface area contributed by atoms with E-state index in [9.17, 15) is 4.79 Å². The maximum Gasteiger partial charge on any atom is 0.124 e. The lowest BCUT2D eigenvalue weighted by Gasteiger charge is -2.02. The van der Waals surface area contributed by atoms with Crippen molar-refractivity contribution in [2.75, 3.05) is 0 Å². The Morgan fingerprint density at radius 2 is 2.20 bits per heavy atom. The molecule has 3 nitrogen and oxygen atoms in total. The summed E-state index contributed by atoms with van der Waals surface area (Å²) in [6.07, 6.45) is 4.70. The third kappa shape index (κ3) is 2.07. The molecule has 0 aliphatic heterocycles. The van der Waals surface area contributed by atoms with Crippen molar-refractivity contribution in [3.8, 4) is 5.69 Å². The molecule has 0 N–H and O–H groups in total. The fourth-order valence-corrected chi connectivity index (χ4v) is 1.55. The lowest BCUT2D eigenvalue weighted by molar-refractivity contribution is -0.107.